The Morgan fingerprint density at radius 2 is 1.72 bits per heavy atom. The van der Waals surface area contributed by atoms with Crippen LogP contribution >= 0.6 is 0 Å². The Morgan fingerprint density at radius 1 is 1.00 bits per heavy atom. The number of likely N-dealkylation sites (N-methyl/N-ethyl adjacent to an activating group) is 1. The van der Waals surface area contributed by atoms with Crippen LogP contribution in [0.4, 0.5) is 4.39 Å². The first-order chi connectivity index (χ1) is 14.1. The summed E-state index contributed by atoms with van der Waals surface area (Å²) in [5, 5.41) is 0. The molecule has 150 valence electrons. The molecule has 4 rings (SSSR count). The Labute approximate surface area is 168 Å². The summed E-state index contributed by atoms with van der Waals surface area (Å²) in [5.41, 5.74) is 1.41. The van der Waals surface area contributed by atoms with Gasteiger partial charge in [-0.3, -0.25) is 14.3 Å². The molecule has 1 aliphatic heterocycles. The summed E-state index contributed by atoms with van der Waals surface area (Å²) in [7, 11) is 0. The standard InChI is InChI=1S/C23H23FN2O3/c1-2-25-14-22(15-25)29-20-9-7-19(8-10-20)26-12-11-21(13-23(26)27)28-16-17-3-5-18(24)6-4-17/h3-13,22H,2,14-16H2,1H3. The number of nitrogens with zero attached hydrogens (tertiary/aromatic N) is 2. The maximum Gasteiger partial charge on any atom is 0.258 e. The van der Waals surface area contributed by atoms with Crippen LogP contribution in [0.25, 0.3) is 5.69 Å². The van der Waals surface area contributed by atoms with Gasteiger partial charge in [-0.15, -0.1) is 0 Å². The van der Waals surface area contributed by atoms with Crippen LogP contribution in [0, 0.1) is 5.82 Å². The molecule has 1 saturated heterocycles. The van der Waals surface area contributed by atoms with E-state index in [4.69, 9.17) is 9.47 Å². The molecule has 1 fully saturated rings. The van der Waals surface area contributed by atoms with Gasteiger partial charge in [0.15, 0.2) is 0 Å². The van der Waals surface area contributed by atoms with Gasteiger partial charge >= 0.3 is 0 Å². The van der Waals surface area contributed by atoms with E-state index in [1.54, 1.807) is 29.0 Å². The molecular weight excluding hydrogens is 371 g/mol. The molecule has 0 N–H and O–H groups in total. The van der Waals surface area contributed by atoms with Crippen molar-refractivity contribution in [3.05, 3.63) is 88.6 Å². The van der Waals surface area contributed by atoms with E-state index >= 15 is 0 Å². The van der Waals surface area contributed by atoms with Crippen molar-refractivity contribution in [1.82, 2.24) is 9.47 Å². The summed E-state index contributed by atoms with van der Waals surface area (Å²) in [4.78, 5) is 14.8. The van der Waals surface area contributed by atoms with Crippen molar-refractivity contribution in [2.75, 3.05) is 19.6 Å². The van der Waals surface area contributed by atoms with Crippen LogP contribution in [0.15, 0.2) is 71.7 Å². The Morgan fingerprint density at radius 3 is 2.38 bits per heavy atom. The second kappa shape index (κ2) is 8.49. The molecule has 6 heteroatoms. The Hall–Kier alpha value is -3.12. The van der Waals surface area contributed by atoms with Gasteiger partial charge in [-0.1, -0.05) is 19.1 Å². The summed E-state index contributed by atoms with van der Waals surface area (Å²) < 4.78 is 26.1. The number of hydrogen-bond donors (Lipinski definition) is 0. The highest BCUT2D eigenvalue weighted by atomic mass is 19.1. The summed E-state index contributed by atoms with van der Waals surface area (Å²) in [6.45, 7) is 5.37. The molecule has 5 nitrogen and oxygen atoms in total. The molecule has 0 atom stereocenters. The second-order valence-electron chi connectivity index (χ2n) is 7.07. The monoisotopic (exact) mass is 394 g/mol. The molecule has 29 heavy (non-hydrogen) atoms. The average Bonchev–Trinajstić information content (AvgIpc) is 2.71. The van der Waals surface area contributed by atoms with Crippen molar-refractivity contribution in [2.24, 2.45) is 0 Å². The van der Waals surface area contributed by atoms with Crippen LogP contribution in [0.3, 0.4) is 0 Å². The van der Waals surface area contributed by atoms with Crippen molar-refractivity contribution in [2.45, 2.75) is 19.6 Å². The third-order valence-electron chi connectivity index (χ3n) is 5.00. The zero-order chi connectivity index (χ0) is 20.2. The highest BCUT2D eigenvalue weighted by Crippen LogP contribution is 2.20. The van der Waals surface area contributed by atoms with Gasteiger partial charge in [0.1, 0.15) is 30.0 Å². The molecule has 2 heterocycles. The van der Waals surface area contributed by atoms with Gasteiger partial charge in [0.25, 0.3) is 5.56 Å². The predicted octanol–water partition coefficient (Wildman–Crippen LogP) is 3.64. The van der Waals surface area contributed by atoms with E-state index in [-0.39, 0.29) is 24.1 Å². The van der Waals surface area contributed by atoms with Gasteiger partial charge in [-0.2, -0.15) is 0 Å². The first kappa shape index (κ1) is 19.2. The lowest BCUT2D eigenvalue weighted by Gasteiger charge is -2.38. The van der Waals surface area contributed by atoms with Crippen LogP contribution in [0.1, 0.15) is 12.5 Å². The van der Waals surface area contributed by atoms with E-state index in [0.29, 0.717) is 5.75 Å². The van der Waals surface area contributed by atoms with E-state index in [9.17, 15) is 9.18 Å². The van der Waals surface area contributed by atoms with E-state index < -0.39 is 0 Å². The predicted molar refractivity (Wildman–Crippen MR) is 109 cm³/mol. The molecular formula is C23H23FN2O3. The number of pyridine rings is 1. The largest absolute Gasteiger partial charge is 0.489 e. The third-order valence-corrected chi connectivity index (χ3v) is 5.00. The maximum absolute atomic E-state index is 13.0. The number of halogens is 1. The minimum atomic E-state index is -0.289. The Bertz CT molecular complexity index is 1010. The number of rotatable bonds is 7. The van der Waals surface area contributed by atoms with E-state index in [1.807, 2.05) is 24.3 Å². The van der Waals surface area contributed by atoms with Gasteiger partial charge < -0.3 is 9.47 Å². The first-order valence-corrected chi connectivity index (χ1v) is 9.70. The van der Waals surface area contributed by atoms with E-state index in [0.717, 1.165) is 36.6 Å². The highest BCUT2D eigenvalue weighted by Gasteiger charge is 2.26. The zero-order valence-electron chi connectivity index (χ0n) is 16.3. The Kier molecular flexibility index (Phi) is 5.62. The molecule has 0 unspecified atom stereocenters. The molecule has 1 aromatic heterocycles. The fourth-order valence-electron chi connectivity index (χ4n) is 3.24. The minimum absolute atomic E-state index is 0.187. The van der Waals surface area contributed by atoms with Crippen molar-refractivity contribution in [1.29, 1.82) is 0 Å². The number of ether oxygens (including phenoxy) is 2. The molecule has 0 amide bonds. The minimum Gasteiger partial charge on any atom is -0.489 e. The van der Waals surface area contributed by atoms with Gasteiger partial charge in [-0.05, 0) is 54.6 Å². The number of hydrogen-bond acceptors (Lipinski definition) is 4. The highest BCUT2D eigenvalue weighted by molar-refractivity contribution is 5.38. The van der Waals surface area contributed by atoms with Crippen LogP contribution in [-0.4, -0.2) is 35.2 Å². The van der Waals surface area contributed by atoms with Crippen molar-refractivity contribution in [3.63, 3.8) is 0 Å². The lowest BCUT2D eigenvalue weighted by molar-refractivity contribution is 0.0238. The molecule has 1 aliphatic rings. The number of likely N-dealkylation sites (tertiary alicyclic amines) is 1. The van der Waals surface area contributed by atoms with Crippen LogP contribution in [-0.2, 0) is 6.61 Å². The quantitative estimate of drug-likeness (QED) is 0.614. The van der Waals surface area contributed by atoms with E-state index in [2.05, 4.69) is 11.8 Å². The van der Waals surface area contributed by atoms with Gasteiger partial charge in [0.05, 0.1) is 0 Å². The summed E-state index contributed by atoms with van der Waals surface area (Å²) >= 11 is 0. The summed E-state index contributed by atoms with van der Waals surface area (Å²) in [6.07, 6.45) is 1.92. The molecule has 0 bridgehead atoms. The molecule has 2 aromatic carbocycles. The van der Waals surface area contributed by atoms with Crippen LogP contribution in [0.2, 0.25) is 0 Å². The third kappa shape index (κ3) is 4.66. The maximum atomic E-state index is 13.0. The van der Waals surface area contributed by atoms with Gasteiger partial charge in [-0.25, -0.2) is 4.39 Å². The first-order valence-electron chi connectivity index (χ1n) is 9.70. The number of aromatic nitrogens is 1. The molecule has 0 saturated carbocycles. The number of benzene rings is 2. The Balaban J connectivity index is 1.38. The average molecular weight is 394 g/mol. The topological polar surface area (TPSA) is 43.7 Å². The summed E-state index contributed by atoms with van der Waals surface area (Å²) in [5.74, 6) is 0.992. The van der Waals surface area contributed by atoms with Gasteiger partial charge in [0.2, 0.25) is 0 Å². The SMILES string of the molecule is CCN1CC(Oc2ccc(-n3ccc(OCc4ccc(F)cc4)cc3=O)cc2)C1. The van der Waals surface area contributed by atoms with Crippen LogP contribution < -0.4 is 15.0 Å². The van der Waals surface area contributed by atoms with Crippen LogP contribution in [0.5, 0.6) is 11.5 Å². The molecule has 3 aromatic rings. The smallest absolute Gasteiger partial charge is 0.258 e. The molecule has 0 radical (unpaired) electrons. The lowest BCUT2D eigenvalue weighted by atomic mass is 10.1. The molecule has 0 aliphatic carbocycles. The van der Waals surface area contributed by atoms with Gasteiger partial charge in [0, 0.05) is 31.0 Å². The fourth-order valence-corrected chi connectivity index (χ4v) is 3.24. The molecule has 0 spiro atoms. The van der Waals surface area contributed by atoms with Crippen molar-refractivity contribution >= 4 is 0 Å². The zero-order valence-corrected chi connectivity index (χ0v) is 16.3. The second-order valence-corrected chi connectivity index (χ2v) is 7.07. The van der Waals surface area contributed by atoms with Crippen molar-refractivity contribution in [3.8, 4) is 17.2 Å². The van der Waals surface area contributed by atoms with Crippen molar-refractivity contribution < 1.29 is 13.9 Å². The summed E-state index contributed by atoms with van der Waals surface area (Å²) in [6, 6.07) is 16.8. The fraction of sp³-hybridized carbons (Fsp3) is 0.261. The lowest BCUT2D eigenvalue weighted by Crippen LogP contribution is -2.53. The normalized spacial score (nSPS) is 14.4. The van der Waals surface area contributed by atoms with E-state index in [1.165, 1.54) is 18.2 Å².